The predicted octanol–water partition coefficient (Wildman–Crippen LogP) is 4.65. The number of likely N-dealkylation sites (tertiary alicyclic amines) is 1. The van der Waals surface area contributed by atoms with Crippen LogP contribution in [0.1, 0.15) is 32.3 Å². The van der Waals surface area contributed by atoms with Crippen molar-refractivity contribution < 1.29 is 41.0 Å². The number of carboxylic acid groups (broad SMARTS) is 1. The Bertz CT molecular complexity index is 1210. The maximum atomic E-state index is 13.5. The summed E-state index contributed by atoms with van der Waals surface area (Å²) in [6, 6.07) is 15.2. The summed E-state index contributed by atoms with van der Waals surface area (Å²) in [6.45, 7) is 8.45. The highest BCUT2D eigenvalue weighted by molar-refractivity contribution is 7.89. The van der Waals surface area contributed by atoms with Crippen LogP contribution >= 0.6 is 0 Å². The molecule has 8 nitrogen and oxygen atoms in total. The molecule has 0 radical (unpaired) electrons. The molecule has 39 heavy (non-hydrogen) atoms. The van der Waals surface area contributed by atoms with Gasteiger partial charge in [-0.15, -0.1) is 0 Å². The van der Waals surface area contributed by atoms with Gasteiger partial charge < -0.3 is 14.6 Å². The molecule has 1 N–H and O–H groups in total. The van der Waals surface area contributed by atoms with Crippen LogP contribution in [0, 0.1) is 11.3 Å². The monoisotopic (exact) mass is 572 g/mol. The number of alkyl halides is 3. The van der Waals surface area contributed by atoms with E-state index in [0.29, 0.717) is 25.4 Å². The van der Waals surface area contributed by atoms with E-state index in [1.807, 2.05) is 18.2 Å². The van der Waals surface area contributed by atoms with Crippen molar-refractivity contribution in [3.63, 3.8) is 0 Å². The van der Waals surface area contributed by atoms with Crippen LogP contribution < -0.4 is 9.47 Å². The normalized spacial score (nSPS) is 19.2. The zero-order chi connectivity index (χ0) is 28.8. The second-order valence-corrected chi connectivity index (χ2v) is 12.3. The average Bonchev–Trinajstić information content (AvgIpc) is 2.88. The number of nitrogens with zero attached hydrogens (tertiary/aromatic N) is 2. The summed E-state index contributed by atoms with van der Waals surface area (Å²) in [5.74, 6) is -1.16. The number of ether oxygens (including phenoxy) is 2. The van der Waals surface area contributed by atoms with Gasteiger partial charge >= 0.3 is 12.1 Å². The first-order chi connectivity index (χ1) is 18.3. The minimum Gasteiger partial charge on any atom is -0.497 e. The largest absolute Gasteiger partial charge is 0.497 e. The molecule has 2 aliphatic heterocycles. The SMILES string of the molecule is COc1ccc(CN2CCC3(CC2)COc2ccccc2S(=O)(=O)N(CC(C)C)C3)cc1.O=C(O)C(F)(F)F. The number of carboxylic acids is 1. The van der Waals surface area contributed by atoms with E-state index >= 15 is 0 Å². The number of hydrogen-bond donors (Lipinski definition) is 1. The Labute approximate surface area is 227 Å². The van der Waals surface area contributed by atoms with Gasteiger partial charge in [0.2, 0.25) is 10.0 Å². The van der Waals surface area contributed by atoms with Crippen molar-refractivity contribution in [2.45, 2.75) is 44.3 Å². The molecule has 4 rings (SSSR count). The molecule has 2 heterocycles. The minimum atomic E-state index is -5.08. The standard InChI is InChI=1S/C25H34N2O4S.C2HF3O2/c1-20(2)16-27-18-25(19-31-23-6-4-5-7-24(23)32(27,28)29)12-14-26(15-13-25)17-21-8-10-22(30-3)11-9-21;3-2(4,5)1(6)7/h4-11,20H,12-19H2,1-3H3;(H,6,7). The molecule has 0 atom stereocenters. The lowest BCUT2D eigenvalue weighted by atomic mass is 9.78. The molecule has 2 aliphatic rings. The van der Waals surface area contributed by atoms with Crippen LogP contribution in [-0.4, -0.2) is 74.8 Å². The third-order valence-corrected chi connectivity index (χ3v) is 8.66. The molecular formula is C27H35F3N2O6S. The fourth-order valence-electron chi connectivity index (χ4n) is 4.70. The van der Waals surface area contributed by atoms with Gasteiger partial charge in [0.25, 0.3) is 0 Å². The van der Waals surface area contributed by atoms with E-state index in [0.717, 1.165) is 38.2 Å². The van der Waals surface area contributed by atoms with Crippen molar-refractivity contribution in [2.75, 3.05) is 39.9 Å². The molecule has 1 fully saturated rings. The van der Waals surface area contributed by atoms with Crippen molar-refractivity contribution in [1.29, 1.82) is 0 Å². The molecule has 0 bridgehead atoms. The van der Waals surface area contributed by atoms with Crippen LogP contribution in [0.25, 0.3) is 0 Å². The second-order valence-electron chi connectivity index (χ2n) is 10.4. The predicted molar refractivity (Wildman–Crippen MR) is 139 cm³/mol. The van der Waals surface area contributed by atoms with Gasteiger partial charge in [-0.3, -0.25) is 4.90 Å². The van der Waals surface area contributed by atoms with E-state index in [9.17, 15) is 21.6 Å². The molecule has 0 unspecified atom stereocenters. The van der Waals surface area contributed by atoms with Gasteiger partial charge in [-0.2, -0.15) is 17.5 Å². The average molecular weight is 573 g/mol. The topological polar surface area (TPSA) is 96.4 Å². The first-order valence-corrected chi connectivity index (χ1v) is 14.1. The molecule has 1 saturated heterocycles. The van der Waals surface area contributed by atoms with Gasteiger partial charge in [0.15, 0.2) is 0 Å². The van der Waals surface area contributed by atoms with Crippen LogP contribution in [0.2, 0.25) is 0 Å². The van der Waals surface area contributed by atoms with Crippen molar-refractivity contribution in [1.82, 2.24) is 9.21 Å². The van der Waals surface area contributed by atoms with E-state index in [1.165, 1.54) is 5.56 Å². The summed E-state index contributed by atoms with van der Waals surface area (Å²) in [5, 5.41) is 7.12. The number of aliphatic carboxylic acids is 1. The number of hydrogen-bond acceptors (Lipinski definition) is 6. The van der Waals surface area contributed by atoms with Gasteiger partial charge in [0.05, 0.1) is 13.7 Å². The van der Waals surface area contributed by atoms with E-state index < -0.39 is 22.2 Å². The van der Waals surface area contributed by atoms with Crippen LogP contribution in [0.15, 0.2) is 53.4 Å². The lowest BCUT2D eigenvalue weighted by molar-refractivity contribution is -0.192. The number of benzene rings is 2. The number of fused-ring (bicyclic) bond motifs is 1. The summed E-state index contributed by atoms with van der Waals surface area (Å²) < 4.78 is 71.9. The summed E-state index contributed by atoms with van der Waals surface area (Å²) >= 11 is 0. The first-order valence-electron chi connectivity index (χ1n) is 12.6. The molecule has 0 saturated carbocycles. The summed E-state index contributed by atoms with van der Waals surface area (Å²) in [4.78, 5) is 11.6. The van der Waals surface area contributed by atoms with Crippen molar-refractivity contribution in [2.24, 2.45) is 11.3 Å². The van der Waals surface area contributed by atoms with E-state index in [4.69, 9.17) is 19.4 Å². The third kappa shape index (κ3) is 8.09. The van der Waals surface area contributed by atoms with Crippen LogP contribution in [0.4, 0.5) is 13.2 Å². The number of sulfonamides is 1. The molecule has 12 heteroatoms. The number of halogens is 3. The molecule has 2 aromatic carbocycles. The quantitative estimate of drug-likeness (QED) is 0.557. The second kappa shape index (κ2) is 12.6. The van der Waals surface area contributed by atoms with Crippen molar-refractivity contribution in [3.8, 4) is 11.5 Å². The maximum absolute atomic E-state index is 13.5. The Morgan fingerprint density at radius 1 is 1.10 bits per heavy atom. The van der Waals surface area contributed by atoms with Crippen LogP contribution in [-0.2, 0) is 21.4 Å². The molecule has 216 valence electrons. The molecule has 0 aliphatic carbocycles. The fourth-order valence-corrected chi connectivity index (χ4v) is 6.55. The van der Waals surface area contributed by atoms with Gasteiger partial charge in [0.1, 0.15) is 16.4 Å². The van der Waals surface area contributed by atoms with Crippen LogP contribution in [0.5, 0.6) is 11.5 Å². The van der Waals surface area contributed by atoms with Gasteiger partial charge in [-0.1, -0.05) is 38.1 Å². The molecular weight excluding hydrogens is 537 g/mol. The molecule has 0 amide bonds. The number of carbonyl (C=O) groups is 1. The zero-order valence-corrected chi connectivity index (χ0v) is 23.1. The van der Waals surface area contributed by atoms with Gasteiger partial charge in [0, 0.05) is 25.0 Å². The third-order valence-electron chi connectivity index (χ3n) is 6.81. The zero-order valence-electron chi connectivity index (χ0n) is 22.3. The van der Waals surface area contributed by atoms with Crippen molar-refractivity contribution >= 4 is 16.0 Å². The maximum Gasteiger partial charge on any atom is 0.490 e. The Morgan fingerprint density at radius 3 is 2.23 bits per heavy atom. The Kier molecular flexibility index (Phi) is 9.89. The molecule has 2 aromatic rings. The van der Waals surface area contributed by atoms with E-state index in [-0.39, 0.29) is 16.2 Å². The Morgan fingerprint density at radius 2 is 1.69 bits per heavy atom. The number of piperidine rings is 1. The Balaban J connectivity index is 0.000000532. The lowest BCUT2D eigenvalue weighted by Gasteiger charge is -2.45. The Hall–Kier alpha value is -2.83. The highest BCUT2D eigenvalue weighted by atomic mass is 32.2. The van der Waals surface area contributed by atoms with Gasteiger partial charge in [-0.25, -0.2) is 13.2 Å². The first kappa shape index (κ1) is 30.7. The summed E-state index contributed by atoms with van der Waals surface area (Å²) in [7, 11) is -1.92. The van der Waals surface area contributed by atoms with Crippen LogP contribution in [0.3, 0.4) is 0 Å². The van der Waals surface area contributed by atoms with Crippen molar-refractivity contribution in [3.05, 3.63) is 54.1 Å². The molecule has 1 spiro atoms. The minimum absolute atomic E-state index is 0.175. The lowest BCUT2D eigenvalue weighted by Crippen LogP contribution is -2.52. The number of rotatable bonds is 5. The highest BCUT2D eigenvalue weighted by Gasteiger charge is 2.43. The summed E-state index contributed by atoms with van der Waals surface area (Å²) in [5.41, 5.74) is 1.08. The number of para-hydroxylation sites is 1. The van der Waals surface area contributed by atoms with E-state index in [2.05, 4.69) is 30.9 Å². The number of methoxy groups -OCH3 is 1. The summed E-state index contributed by atoms with van der Waals surface area (Å²) in [6.07, 6.45) is -3.26. The van der Waals surface area contributed by atoms with E-state index in [1.54, 1.807) is 29.6 Å². The molecule has 0 aromatic heterocycles. The fraction of sp³-hybridized carbons (Fsp3) is 0.519. The highest BCUT2D eigenvalue weighted by Crippen LogP contribution is 2.39. The van der Waals surface area contributed by atoms with Gasteiger partial charge in [-0.05, 0) is 61.7 Å². The smallest absolute Gasteiger partial charge is 0.490 e.